The zero-order chi connectivity index (χ0) is 19.0. The summed E-state index contributed by atoms with van der Waals surface area (Å²) >= 11 is 0. The summed E-state index contributed by atoms with van der Waals surface area (Å²) in [7, 11) is 0. The van der Waals surface area contributed by atoms with E-state index in [2.05, 4.69) is 15.0 Å². The summed E-state index contributed by atoms with van der Waals surface area (Å²) in [4.78, 5) is 12.2. The van der Waals surface area contributed by atoms with Crippen molar-refractivity contribution in [2.24, 2.45) is 0 Å². The summed E-state index contributed by atoms with van der Waals surface area (Å²) in [5.74, 6) is 0.241. The number of nitrogens with zero attached hydrogens (tertiary/aromatic N) is 4. The van der Waals surface area contributed by atoms with E-state index in [9.17, 15) is 10.2 Å². The monoisotopic (exact) mass is 371 g/mol. The fourth-order valence-corrected chi connectivity index (χ4v) is 3.13. The van der Waals surface area contributed by atoms with Crippen LogP contribution < -0.4 is 5.73 Å². The molecule has 0 saturated carbocycles. The van der Waals surface area contributed by atoms with Crippen LogP contribution in [0, 0.1) is 6.92 Å². The number of nitrogens with two attached hydrogens (primary N) is 1. The zero-order valence-corrected chi connectivity index (χ0v) is 14.8. The maximum Gasteiger partial charge on any atom is 0.167 e. The highest BCUT2D eigenvalue weighted by atomic mass is 16.6. The molecule has 0 radical (unpaired) electrons. The SMILES string of the molecule is Cc1ccc(COC[C@H]2O[C@@H](n3cnc4c(N)ncnc43)[C@H](O)[C@@H]2O)cc1. The van der Waals surface area contributed by atoms with Crippen molar-refractivity contribution >= 4 is 17.0 Å². The van der Waals surface area contributed by atoms with Gasteiger partial charge in [0.15, 0.2) is 17.7 Å². The first-order valence-corrected chi connectivity index (χ1v) is 8.62. The maximum atomic E-state index is 10.4. The molecule has 0 spiro atoms. The molecule has 3 aromatic rings. The lowest BCUT2D eigenvalue weighted by Crippen LogP contribution is -2.33. The van der Waals surface area contributed by atoms with Crippen LogP contribution in [-0.2, 0) is 16.1 Å². The van der Waals surface area contributed by atoms with Crippen LogP contribution in [0.5, 0.6) is 0 Å². The van der Waals surface area contributed by atoms with E-state index < -0.39 is 24.5 Å². The number of aryl methyl sites for hydroxylation is 1. The normalized spacial score (nSPS) is 25.3. The second kappa shape index (κ2) is 7.20. The fourth-order valence-electron chi connectivity index (χ4n) is 3.13. The van der Waals surface area contributed by atoms with Crippen LogP contribution in [0.25, 0.3) is 11.2 Å². The van der Waals surface area contributed by atoms with Gasteiger partial charge in [0, 0.05) is 0 Å². The maximum absolute atomic E-state index is 10.4. The second-order valence-electron chi connectivity index (χ2n) is 6.63. The van der Waals surface area contributed by atoms with Crippen molar-refractivity contribution in [1.82, 2.24) is 19.5 Å². The van der Waals surface area contributed by atoms with Crippen LogP contribution in [0.1, 0.15) is 17.4 Å². The third-order valence-electron chi connectivity index (χ3n) is 4.67. The summed E-state index contributed by atoms with van der Waals surface area (Å²) in [6.45, 7) is 2.56. The molecule has 1 aliphatic rings. The van der Waals surface area contributed by atoms with E-state index in [0.29, 0.717) is 17.8 Å². The van der Waals surface area contributed by atoms with Gasteiger partial charge in [0.05, 0.1) is 19.5 Å². The predicted molar refractivity (Wildman–Crippen MR) is 96.5 cm³/mol. The number of anilines is 1. The summed E-state index contributed by atoms with van der Waals surface area (Å²) in [6, 6.07) is 8.00. The van der Waals surface area contributed by atoms with Crippen molar-refractivity contribution < 1.29 is 19.7 Å². The number of aliphatic hydroxyl groups is 2. The molecule has 0 aliphatic carbocycles. The molecule has 0 bridgehead atoms. The van der Waals surface area contributed by atoms with Gasteiger partial charge in [-0.1, -0.05) is 29.8 Å². The highest BCUT2D eigenvalue weighted by Gasteiger charge is 2.44. The van der Waals surface area contributed by atoms with Gasteiger partial charge in [-0.2, -0.15) is 0 Å². The average Bonchev–Trinajstić information content (AvgIpc) is 3.21. The van der Waals surface area contributed by atoms with Gasteiger partial charge in [-0.25, -0.2) is 15.0 Å². The first-order valence-electron chi connectivity index (χ1n) is 8.62. The smallest absolute Gasteiger partial charge is 0.167 e. The zero-order valence-electron chi connectivity index (χ0n) is 14.8. The molecule has 0 unspecified atom stereocenters. The Morgan fingerprint density at radius 2 is 1.93 bits per heavy atom. The molecule has 1 fully saturated rings. The minimum atomic E-state index is -1.15. The van der Waals surface area contributed by atoms with Crippen molar-refractivity contribution in [2.75, 3.05) is 12.3 Å². The molecule has 2 aromatic heterocycles. The van der Waals surface area contributed by atoms with Gasteiger partial charge in [0.1, 0.15) is 30.2 Å². The van der Waals surface area contributed by atoms with Crippen molar-refractivity contribution in [3.63, 3.8) is 0 Å². The van der Waals surface area contributed by atoms with Crippen LogP contribution >= 0.6 is 0 Å². The Morgan fingerprint density at radius 1 is 1.15 bits per heavy atom. The van der Waals surface area contributed by atoms with Gasteiger partial charge in [-0.05, 0) is 12.5 Å². The molecule has 1 aromatic carbocycles. The molecule has 4 rings (SSSR count). The van der Waals surface area contributed by atoms with Crippen LogP contribution in [0.4, 0.5) is 5.82 Å². The van der Waals surface area contributed by atoms with Gasteiger partial charge < -0.3 is 25.4 Å². The largest absolute Gasteiger partial charge is 0.387 e. The molecule has 1 aliphatic heterocycles. The minimum absolute atomic E-state index is 0.145. The van der Waals surface area contributed by atoms with Crippen LogP contribution in [0.15, 0.2) is 36.9 Å². The Hall–Kier alpha value is -2.59. The Bertz CT molecular complexity index is 929. The van der Waals surface area contributed by atoms with Gasteiger partial charge in [0.2, 0.25) is 0 Å². The molecular weight excluding hydrogens is 350 g/mol. The van der Waals surface area contributed by atoms with Crippen LogP contribution in [0.3, 0.4) is 0 Å². The summed E-state index contributed by atoms with van der Waals surface area (Å²) < 4.78 is 13.0. The Morgan fingerprint density at radius 3 is 2.70 bits per heavy atom. The average molecular weight is 371 g/mol. The number of aliphatic hydroxyl groups excluding tert-OH is 2. The predicted octanol–water partition coefficient (Wildman–Crippen LogP) is 0.553. The molecule has 27 heavy (non-hydrogen) atoms. The number of nitrogen functional groups attached to an aromatic ring is 1. The third kappa shape index (κ3) is 3.37. The molecule has 0 amide bonds. The molecule has 4 N–H and O–H groups in total. The Labute approximate surface area is 155 Å². The standard InChI is InChI=1S/C18H21N5O4/c1-10-2-4-11(5-3-10)6-26-7-12-14(24)15(25)18(27-12)23-9-22-13-16(19)20-8-21-17(13)23/h2-5,8-9,12,14-15,18,24-25H,6-7H2,1H3,(H2,19,20,21)/t12-,14-,15-,18-/m1/s1. The number of hydrogen-bond donors (Lipinski definition) is 3. The van der Waals surface area contributed by atoms with Crippen LogP contribution in [-0.4, -0.2) is 54.7 Å². The summed E-state index contributed by atoms with van der Waals surface area (Å²) in [5.41, 5.74) is 8.84. The van der Waals surface area contributed by atoms with Gasteiger partial charge in [0.25, 0.3) is 0 Å². The number of rotatable bonds is 5. The van der Waals surface area contributed by atoms with Crippen molar-refractivity contribution in [3.8, 4) is 0 Å². The number of benzene rings is 1. The Kier molecular flexibility index (Phi) is 4.75. The number of imidazole rings is 1. The molecule has 9 heteroatoms. The van der Waals surface area contributed by atoms with Gasteiger partial charge >= 0.3 is 0 Å². The molecule has 142 valence electrons. The minimum Gasteiger partial charge on any atom is -0.387 e. The first kappa shape index (κ1) is 17.8. The van der Waals surface area contributed by atoms with Crippen molar-refractivity contribution in [1.29, 1.82) is 0 Å². The highest BCUT2D eigenvalue weighted by Crippen LogP contribution is 2.32. The lowest BCUT2D eigenvalue weighted by molar-refractivity contribution is -0.0682. The van der Waals surface area contributed by atoms with Gasteiger partial charge in [-0.3, -0.25) is 4.57 Å². The number of fused-ring (bicyclic) bond motifs is 1. The van der Waals surface area contributed by atoms with Crippen molar-refractivity contribution in [2.45, 2.75) is 38.1 Å². The summed E-state index contributed by atoms with van der Waals surface area (Å²) in [6.07, 6.45) is -0.975. The van der Waals surface area contributed by atoms with E-state index in [1.165, 1.54) is 18.2 Å². The van der Waals surface area contributed by atoms with Crippen molar-refractivity contribution in [3.05, 3.63) is 48.0 Å². The Balaban J connectivity index is 1.44. The van der Waals surface area contributed by atoms with E-state index in [4.69, 9.17) is 15.2 Å². The third-order valence-corrected chi connectivity index (χ3v) is 4.67. The lowest BCUT2D eigenvalue weighted by Gasteiger charge is -2.16. The summed E-state index contributed by atoms with van der Waals surface area (Å²) in [5, 5.41) is 20.8. The molecule has 1 saturated heterocycles. The fraction of sp³-hybridized carbons (Fsp3) is 0.389. The van der Waals surface area contributed by atoms with E-state index in [-0.39, 0.29) is 12.4 Å². The van der Waals surface area contributed by atoms with Gasteiger partial charge in [-0.15, -0.1) is 0 Å². The van der Waals surface area contributed by atoms with E-state index in [1.54, 1.807) is 4.57 Å². The number of ether oxygens (including phenoxy) is 2. The topological polar surface area (TPSA) is 129 Å². The molecule has 9 nitrogen and oxygen atoms in total. The second-order valence-corrected chi connectivity index (χ2v) is 6.63. The van der Waals surface area contributed by atoms with Crippen LogP contribution in [0.2, 0.25) is 0 Å². The van der Waals surface area contributed by atoms with E-state index >= 15 is 0 Å². The number of aromatic nitrogens is 4. The van der Waals surface area contributed by atoms with E-state index in [0.717, 1.165) is 5.56 Å². The highest BCUT2D eigenvalue weighted by molar-refractivity contribution is 5.81. The lowest BCUT2D eigenvalue weighted by atomic mass is 10.1. The molecule has 3 heterocycles. The molecular formula is C18H21N5O4. The quantitative estimate of drug-likeness (QED) is 0.593. The first-order chi connectivity index (χ1) is 13.0. The number of hydrogen-bond acceptors (Lipinski definition) is 8. The van der Waals surface area contributed by atoms with E-state index in [1.807, 2.05) is 31.2 Å². The molecule has 4 atom stereocenters.